The fourth-order valence-electron chi connectivity index (χ4n) is 1.98. The maximum absolute atomic E-state index is 11.9. The second kappa shape index (κ2) is 8.72. The van der Waals surface area contributed by atoms with E-state index in [1.165, 1.54) is 26.5 Å². The van der Waals surface area contributed by atoms with Gasteiger partial charge in [-0.05, 0) is 30.3 Å². The van der Waals surface area contributed by atoms with Crippen molar-refractivity contribution in [1.29, 1.82) is 0 Å². The summed E-state index contributed by atoms with van der Waals surface area (Å²) in [6.07, 6.45) is 1.18. The molecule has 8 nitrogen and oxygen atoms in total. The number of benzene rings is 2. The lowest BCUT2D eigenvalue weighted by Gasteiger charge is -2.09. The Kier molecular flexibility index (Phi) is 6.40. The molecule has 2 amide bonds. The summed E-state index contributed by atoms with van der Waals surface area (Å²) in [5, 5.41) is 16.3. The zero-order valence-electron chi connectivity index (χ0n) is 13.9. The third-order valence-electron chi connectivity index (χ3n) is 3.24. The van der Waals surface area contributed by atoms with Crippen LogP contribution in [-0.4, -0.2) is 37.4 Å². The van der Waals surface area contributed by atoms with E-state index in [1.54, 1.807) is 30.3 Å². The smallest absolute Gasteiger partial charge is 0.329 e. The van der Waals surface area contributed by atoms with Crippen LogP contribution in [0.2, 0.25) is 5.02 Å². The van der Waals surface area contributed by atoms with Crippen LogP contribution in [0.3, 0.4) is 0 Å². The number of halogens is 1. The average Bonchev–Trinajstić information content (AvgIpc) is 2.63. The van der Waals surface area contributed by atoms with Gasteiger partial charge in [0.1, 0.15) is 5.75 Å². The van der Waals surface area contributed by atoms with E-state index in [-0.39, 0.29) is 17.2 Å². The van der Waals surface area contributed by atoms with Crippen LogP contribution in [0.5, 0.6) is 17.2 Å². The highest BCUT2D eigenvalue weighted by Gasteiger charge is 2.15. The van der Waals surface area contributed by atoms with E-state index in [0.717, 1.165) is 0 Å². The minimum absolute atomic E-state index is 0.138. The summed E-state index contributed by atoms with van der Waals surface area (Å²) in [6.45, 7) is 0. The van der Waals surface area contributed by atoms with Gasteiger partial charge < -0.3 is 19.9 Å². The Balaban J connectivity index is 2.02. The van der Waals surface area contributed by atoms with Gasteiger partial charge in [0.05, 0.1) is 26.1 Å². The summed E-state index contributed by atoms with van der Waals surface area (Å²) >= 11 is 5.86. The molecule has 0 atom stereocenters. The second-order valence-electron chi connectivity index (χ2n) is 4.90. The summed E-state index contributed by atoms with van der Waals surface area (Å²) in [7, 11) is 2.83. The molecule has 0 aliphatic heterocycles. The van der Waals surface area contributed by atoms with Crippen LogP contribution < -0.4 is 20.2 Å². The summed E-state index contributed by atoms with van der Waals surface area (Å²) in [6, 6.07) is 9.35. The average molecular weight is 378 g/mol. The summed E-state index contributed by atoms with van der Waals surface area (Å²) in [5.74, 6) is -1.50. The minimum atomic E-state index is -1.01. The first-order valence-corrected chi connectivity index (χ1v) is 7.68. The summed E-state index contributed by atoms with van der Waals surface area (Å²) in [4.78, 5) is 23.8. The first kappa shape index (κ1) is 19.1. The van der Waals surface area contributed by atoms with Crippen molar-refractivity contribution >= 4 is 35.3 Å². The molecule has 2 rings (SSSR count). The van der Waals surface area contributed by atoms with Crippen molar-refractivity contribution in [2.75, 3.05) is 19.5 Å². The fraction of sp³-hybridized carbons (Fsp3) is 0.118. The van der Waals surface area contributed by atoms with E-state index in [1.807, 2.05) is 0 Å². The number of anilines is 1. The molecule has 9 heteroatoms. The number of carbonyl (C=O) groups excluding carboxylic acids is 2. The number of para-hydroxylation sites is 1. The predicted octanol–water partition coefficient (Wildman–Crippen LogP) is 2.15. The zero-order valence-corrected chi connectivity index (χ0v) is 14.7. The number of ether oxygens (including phenoxy) is 2. The highest BCUT2D eigenvalue weighted by atomic mass is 35.5. The number of methoxy groups -OCH3 is 2. The first-order valence-electron chi connectivity index (χ1n) is 7.30. The molecule has 0 aliphatic carbocycles. The lowest BCUT2D eigenvalue weighted by molar-refractivity contribution is -0.136. The largest absolute Gasteiger partial charge is 0.504 e. The van der Waals surface area contributed by atoms with Crippen molar-refractivity contribution in [3.63, 3.8) is 0 Å². The molecular formula is C17H16ClN3O5. The Bertz CT molecular complexity index is 854. The molecule has 0 aliphatic rings. The molecule has 3 N–H and O–H groups in total. The predicted molar refractivity (Wildman–Crippen MR) is 97.0 cm³/mol. The van der Waals surface area contributed by atoms with E-state index >= 15 is 0 Å². The molecule has 0 spiro atoms. The molecule has 0 aromatic heterocycles. The third-order valence-corrected chi connectivity index (χ3v) is 3.47. The van der Waals surface area contributed by atoms with Crippen LogP contribution in [0.15, 0.2) is 41.5 Å². The van der Waals surface area contributed by atoms with E-state index in [9.17, 15) is 14.7 Å². The van der Waals surface area contributed by atoms with Crippen LogP contribution >= 0.6 is 11.6 Å². The first-order chi connectivity index (χ1) is 12.5. The number of nitrogens with zero attached hydrogens (tertiary/aromatic N) is 1. The molecule has 136 valence electrons. The molecule has 0 bridgehead atoms. The number of hydrogen-bond donors (Lipinski definition) is 3. The Morgan fingerprint density at radius 3 is 2.54 bits per heavy atom. The third kappa shape index (κ3) is 4.64. The SMILES string of the molecule is COc1ccc(Cl)cc1NC(=O)C(=O)N/N=C/c1cccc(OC)c1O. The molecule has 0 saturated carbocycles. The van der Waals surface area contributed by atoms with E-state index in [0.29, 0.717) is 16.3 Å². The lowest BCUT2D eigenvalue weighted by atomic mass is 10.2. The highest BCUT2D eigenvalue weighted by molar-refractivity contribution is 6.40. The van der Waals surface area contributed by atoms with Crippen LogP contribution in [0.25, 0.3) is 0 Å². The van der Waals surface area contributed by atoms with Crippen molar-refractivity contribution in [3.8, 4) is 17.2 Å². The number of hydrogen-bond acceptors (Lipinski definition) is 6. The van der Waals surface area contributed by atoms with Gasteiger partial charge in [0.25, 0.3) is 0 Å². The van der Waals surface area contributed by atoms with Crippen molar-refractivity contribution in [2.45, 2.75) is 0 Å². The van der Waals surface area contributed by atoms with Gasteiger partial charge in [-0.15, -0.1) is 0 Å². The van der Waals surface area contributed by atoms with E-state index in [4.69, 9.17) is 21.1 Å². The van der Waals surface area contributed by atoms with Crippen LogP contribution in [0.1, 0.15) is 5.56 Å². The Hall–Kier alpha value is -3.26. The van der Waals surface area contributed by atoms with E-state index in [2.05, 4.69) is 15.8 Å². The van der Waals surface area contributed by atoms with Gasteiger partial charge in [-0.3, -0.25) is 9.59 Å². The number of phenolic OH excluding ortho intramolecular Hbond substituents is 1. The molecule has 26 heavy (non-hydrogen) atoms. The number of nitrogens with one attached hydrogen (secondary N) is 2. The molecule has 0 radical (unpaired) electrons. The van der Waals surface area contributed by atoms with E-state index < -0.39 is 11.8 Å². The molecule has 0 fully saturated rings. The van der Waals surface area contributed by atoms with Crippen molar-refractivity contribution in [3.05, 3.63) is 47.0 Å². The van der Waals surface area contributed by atoms with Crippen molar-refractivity contribution < 1.29 is 24.2 Å². The molecule has 2 aromatic carbocycles. The van der Waals surface area contributed by atoms with Crippen molar-refractivity contribution in [2.24, 2.45) is 5.10 Å². The highest BCUT2D eigenvalue weighted by Crippen LogP contribution is 2.28. The van der Waals surface area contributed by atoms with Crippen LogP contribution in [0, 0.1) is 0 Å². The molecule has 0 unspecified atom stereocenters. The van der Waals surface area contributed by atoms with Gasteiger partial charge in [0.15, 0.2) is 11.5 Å². The molecule has 0 saturated heterocycles. The van der Waals surface area contributed by atoms with Crippen LogP contribution in [0.4, 0.5) is 5.69 Å². The Morgan fingerprint density at radius 2 is 1.85 bits per heavy atom. The maximum Gasteiger partial charge on any atom is 0.329 e. The van der Waals surface area contributed by atoms with Crippen molar-refractivity contribution in [1.82, 2.24) is 5.43 Å². The number of carbonyl (C=O) groups is 2. The lowest BCUT2D eigenvalue weighted by Crippen LogP contribution is -2.32. The quantitative estimate of drug-likeness (QED) is 0.420. The van der Waals surface area contributed by atoms with Crippen LogP contribution in [-0.2, 0) is 9.59 Å². The minimum Gasteiger partial charge on any atom is -0.504 e. The fourth-order valence-corrected chi connectivity index (χ4v) is 2.15. The van der Waals surface area contributed by atoms with Gasteiger partial charge >= 0.3 is 11.8 Å². The monoisotopic (exact) mass is 377 g/mol. The van der Waals surface area contributed by atoms with Gasteiger partial charge in [0.2, 0.25) is 0 Å². The maximum atomic E-state index is 11.9. The topological polar surface area (TPSA) is 109 Å². The molecular weight excluding hydrogens is 362 g/mol. The normalized spacial score (nSPS) is 10.4. The van der Waals surface area contributed by atoms with Gasteiger partial charge in [-0.1, -0.05) is 17.7 Å². The Morgan fingerprint density at radius 1 is 1.12 bits per heavy atom. The zero-order chi connectivity index (χ0) is 19.1. The number of aromatic hydroxyl groups is 1. The number of phenols is 1. The standard InChI is InChI=1S/C17H16ClN3O5/c1-25-13-7-6-11(18)8-12(13)20-16(23)17(24)21-19-9-10-4-3-5-14(26-2)15(10)22/h3-9,22H,1-2H3,(H,20,23)(H,21,24)/b19-9+. The van der Waals surface area contributed by atoms with Gasteiger partial charge in [-0.25, -0.2) is 5.43 Å². The number of rotatable bonds is 5. The second-order valence-corrected chi connectivity index (χ2v) is 5.33. The summed E-state index contributed by atoms with van der Waals surface area (Å²) < 4.78 is 10.0. The molecule has 2 aromatic rings. The number of amides is 2. The molecule has 0 heterocycles. The number of hydrazone groups is 1. The van der Waals surface area contributed by atoms with Gasteiger partial charge in [-0.2, -0.15) is 5.10 Å². The Labute approximate surface area is 154 Å². The van der Waals surface area contributed by atoms with Gasteiger partial charge in [0, 0.05) is 10.6 Å². The summed E-state index contributed by atoms with van der Waals surface area (Å²) in [5.41, 5.74) is 2.61.